The van der Waals surface area contributed by atoms with Crippen LogP contribution in [0.25, 0.3) is 0 Å². The Morgan fingerprint density at radius 2 is 1.90 bits per heavy atom. The molecule has 1 atom stereocenters. The molecule has 4 heteroatoms. The maximum absolute atomic E-state index is 3.60. The maximum atomic E-state index is 3.60. The minimum Gasteiger partial charge on any atom is -0.316 e. The van der Waals surface area contributed by atoms with Crippen LogP contribution in [0.5, 0.6) is 0 Å². The molecule has 0 radical (unpaired) electrons. The molecule has 0 fully saturated rings. The third-order valence-corrected chi connectivity index (χ3v) is 5.74. The zero-order valence-corrected chi connectivity index (χ0v) is 15.3. The molecule has 2 rings (SSSR count). The molecule has 1 unspecified atom stereocenters. The van der Waals surface area contributed by atoms with Gasteiger partial charge in [-0.25, -0.2) is 0 Å². The summed E-state index contributed by atoms with van der Waals surface area (Å²) in [5, 5.41) is 3.41. The fourth-order valence-electron chi connectivity index (χ4n) is 1.94. The van der Waals surface area contributed by atoms with E-state index in [0.717, 1.165) is 16.6 Å². The standard InChI is InChI=1S/C16H17Br2NS/c1-19-14(10-12-5-4-6-13(17)9-12)11-20-16-8-3-2-7-15(16)18/h2-9,14,19H,10-11H2,1H3. The Hall–Kier alpha value is -0.290. The second-order valence-electron chi connectivity index (χ2n) is 4.56. The molecule has 0 aliphatic heterocycles. The van der Waals surface area contributed by atoms with Crippen molar-refractivity contribution >= 4 is 43.6 Å². The second kappa shape index (κ2) is 8.23. The number of thioether (sulfide) groups is 1. The number of hydrogen-bond donors (Lipinski definition) is 1. The molecular formula is C16H17Br2NS. The minimum absolute atomic E-state index is 0.460. The van der Waals surface area contributed by atoms with Gasteiger partial charge in [0.2, 0.25) is 0 Å². The van der Waals surface area contributed by atoms with Crippen molar-refractivity contribution in [1.29, 1.82) is 0 Å². The quantitative estimate of drug-likeness (QED) is 0.657. The third kappa shape index (κ3) is 4.92. The predicted molar refractivity (Wildman–Crippen MR) is 95.6 cm³/mol. The van der Waals surface area contributed by atoms with Gasteiger partial charge in [0.25, 0.3) is 0 Å². The number of benzene rings is 2. The molecule has 0 amide bonds. The zero-order chi connectivity index (χ0) is 14.4. The van der Waals surface area contributed by atoms with Crippen LogP contribution in [0.2, 0.25) is 0 Å². The molecular weight excluding hydrogens is 398 g/mol. The van der Waals surface area contributed by atoms with E-state index in [1.807, 2.05) is 24.9 Å². The molecule has 0 aliphatic rings. The van der Waals surface area contributed by atoms with Gasteiger partial charge < -0.3 is 5.32 Å². The summed E-state index contributed by atoms with van der Waals surface area (Å²) in [6.07, 6.45) is 1.04. The minimum atomic E-state index is 0.460. The molecule has 0 bridgehead atoms. The zero-order valence-electron chi connectivity index (χ0n) is 11.3. The number of halogens is 2. The Morgan fingerprint density at radius 3 is 2.60 bits per heavy atom. The van der Waals surface area contributed by atoms with Crippen LogP contribution in [0.3, 0.4) is 0 Å². The van der Waals surface area contributed by atoms with Crippen molar-refractivity contribution in [2.45, 2.75) is 17.4 Å². The van der Waals surface area contributed by atoms with Crippen molar-refractivity contribution in [2.24, 2.45) is 0 Å². The SMILES string of the molecule is CNC(CSc1ccccc1Br)Cc1cccc(Br)c1. The summed E-state index contributed by atoms with van der Waals surface area (Å²) >= 11 is 9.01. The number of nitrogens with one attached hydrogen (secondary N) is 1. The topological polar surface area (TPSA) is 12.0 Å². The summed E-state index contributed by atoms with van der Waals surface area (Å²) in [4.78, 5) is 1.29. The first-order valence-electron chi connectivity index (χ1n) is 6.48. The summed E-state index contributed by atoms with van der Waals surface area (Å²) in [7, 11) is 2.03. The summed E-state index contributed by atoms with van der Waals surface area (Å²) in [6, 6.07) is 17.3. The van der Waals surface area contributed by atoms with Crippen molar-refractivity contribution in [3.05, 3.63) is 63.0 Å². The van der Waals surface area contributed by atoms with Gasteiger partial charge in [-0.3, -0.25) is 0 Å². The van der Waals surface area contributed by atoms with E-state index in [-0.39, 0.29) is 0 Å². The summed E-state index contributed by atoms with van der Waals surface area (Å²) in [5.74, 6) is 1.05. The highest BCUT2D eigenvalue weighted by Gasteiger charge is 2.09. The Morgan fingerprint density at radius 1 is 1.10 bits per heavy atom. The predicted octanol–water partition coefficient (Wildman–Crippen LogP) is 5.13. The average molecular weight is 415 g/mol. The van der Waals surface area contributed by atoms with Crippen molar-refractivity contribution in [3.8, 4) is 0 Å². The Labute approximate surface area is 141 Å². The van der Waals surface area contributed by atoms with Gasteiger partial charge in [0.15, 0.2) is 0 Å². The summed E-state index contributed by atoms with van der Waals surface area (Å²) in [5.41, 5.74) is 1.35. The first-order chi connectivity index (χ1) is 9.69. The molecule has 0 aliphatic carbocycles. The van der Waals surface area contributed by atoms with Crippen molar-refractivity contribution in [3.63, 3.8) is 0 Å². The molecule has 106 valence electrons. The Bertz CT molecular complexity index is 560. The second-order valence-corrected chi connectivity index (χ2v) is 7.39. The van der Waals surface area contributed by atoms with Crippen molar-refractivity contribution in [1.82, 2.24) is 5.32 Å². The smallest absolute Gasteiger partial charge is 0.0311 e. The molecule has 2 aromatic carbocycles. The van der Waals surface area contributed by atoms with E-state index < -0.39 is 0 Å². The van der Waals surface area contributed by atoms with E-state index in [2.05, 4.69) is 79.6 Å². The van der Waals surface area contributed by atoms with Crippen molar-refractivity contribution in [2.75, 3.05) is 12.8 Å². The Kier molecular flexibility index (Phi) is 6.62. The van der Waals surface area contributed by atoms with Crippen LogP contribution in [0.1, 0.15) is 5.56 Å². The molecule has 0 saturated carbocycles. The lowest BCUT2D eigenvalue weighted by Gasteiger charge is -2.16. The lowest BCUT2D eigenvalue weighted by Crippen LogP contribution is -2.30. The third-order valence-electron chi connectivity index (χ3n) is 3.06. The Balaban J connectivity index is 1.94. The summed E-state index contributed by atoms with van der Waals surface area (Å²) < 4.78 is 2.31. The molecule has 0 saturated heterocycles. The first kappa shape index (κ1) is 16.1. The number of hydrogen-bond acceptors (Lipinski definition) is 2. The van der Waals surface area contributed by atoms with Gasteiger partial charge in [0, 0.05) is 25.6 Å². The van der Waals surface area contributed by atoms with Crippen molar-refractivity contribution < 1.29 is 0 Å². The first-order valence-corrected chi connectivity index (χ1v) is 9.05. The van der Waals surface area contributed by atoms with E-state index >= 15 is 0 Å². The van der Waals surface area contributed by atoms with Crippen LogP contribution in [0, 0.1) is 0 Å². The number of rotatable bonds is 6. The van der Waals surface area contributed by atoms with Crippen LogP contribution in [-0.2, 0) is 6.42 Å². The largest absolute Gasteiger partial charge is 0.316 e. The maximum Gasteiger partial charge on any atom is 0.0311 e. The number of likely N-dealkylation sites (N-methyl/N-ethyl adjacent to an activating group) is 1. The normalized spacial score (nSPS) is 12.3. The van der Waals surface area contributed by atoms with Gasteiger partial charge in [0.05, 0.1) is 0 Å². The van der Waals surface area contributed by atoms with E-state index in [4.69, 9.17) is 0 Å². The van der Waals surface area contributed by atoms with E-state index in [9.17, 15) is 0 Å². The molecule has 0 aromatic heterocycles. The van der Waals surface area contributed by atoms with E-state index in [1.54, 1.807) is 0 Å². The van der Waals surface area contributed by atoms with Gasteiger partial charge in [-0.05, 0) is 59.2 Å². The monoisotopic (exact) mass is 413 g/mol. The molecule has 20 heavy (non-hydrogen) atoms. The highest BCUT2D eigenvalue weighted by atomic mass is 79.9. The summed E-state index contributed by atoms with van der Waals surface area (Å²) in [6.45, 7) is 0. The fourth-order valence-corrected chi connectivity index (χ4v) is 4.07. The van der Waals surface area contributed by atoms with Crippen LogP contribution in [-0.4, -0.2) is 18.8 Å². The van der Waals surface area contributed by atoms with Crippen LogP contribution in [0.15, 0.2) is 62.4 Å². The molecule has 1 nitrogen and oxygen atoms in total. The molecule has 1 N–H and O–H groups in total. The fraction of sp³-hybridized carbons (Fsp3) is 0.250. The van der Waals surface area contributed by atoms with E-state index in [1.165, 1.54) is 14.9 Å². The van der Waals surface area contributed by atoms with Gasteiger partial charge in [-0.2, -0.15) is 0 Å². The average Bonchev–Trinajstić information content (AvgIpc) is 2.45. The van der Waals surface area contributed by atoms with Gasteiger partial charge in [-0.15, -0.1) is 11.8 Å². The van der Waals surface area contributed by atoms with Gasteiger partial charge in [0.1, 0.15) is 0 Å². The van der Waals surface area contributed by atoms with Gasteiger partial charge in [-0.1, -0.05) is 40.2 Å². The lowest BCUT2D eigenvalue weighted by atomic mass is 10.1. The molecule has 0 heterocycles. The lowest BCUT2D eigenvalue weighted by molar-refractivity contribution is 0.617. The van der Waals surface area contributed by atoms with Gasteiger partial charge >= 0.3 is 0 Å². The highest BCUT2D eigenvalue weighted by molar-refractivity contribution is 9.10. The van der Waals surface area contributed by atoms with Crippen LogP contribution >= 0.6 is 43.6 Å². The van der Waals surface area contributed by atoms with E-state index in [0.29, 0.717) is 6.04 Å². The molecule has 2 aromatic rings. The van der Waals surface area contributed by atoms with Crippen LogP contribution in [0.4, 0.5) is 0 Å². The van der Waals surface area contributed by atoms with Crippen LogP contribution < -0.4 is 5.32 Å². The highest BCUT2D eigenvalue weighted by Crippen LogP contribution is 2.28. The molecule has 0 spiro atoms.